The first-order chi connectivity index (χ1) is 7.08. The monoisotopic (exact) mass is 265 g/mol. The van der Waals surface area contributed by atoms with E-state index in [0.29, 0.717) is 0 Å². The molecule has 0 aliphatic heterocycles. The molecule has 1 aromatic heterocycles. The Morgan fingerprint density at radius 3 is 2.73 bits per heavy atom. The highest BCUT2D eigenvalue weighted by atomic mass is 79.9. The van der Waals surface area contributed by atoms with Crippen LogP contribution in [0.4, 0.5) is 5.69 Å². The highest BCUT2D eigenvalue weighted by Crippen LogP contribution is 2.26. The molecule has 0 unspecified atom stereocenters. The molecule has 0 spiro atoms. The van der Waals surface area contributed by atoms with E-state index in [1.54, 1.807) is 0 Å². The molecule has 0 amide bonds. The van der Waals surface area contributed by atoms with E-state index in [4.69, 9.17) is 5.73 Å². The summed E-state index contributed by atoms with van der Waals surface area (Å²) in [6, 6.07) is 5.95. The number of nitrogens with zero attached hydrogens (tertiary/aromatic N) is 2. The first-order valence-electron chi connectivity index (χ1n) is 4.63. The third-order valence-electron chi connectivity index (χ3n) is 2.30. The van der Waals surface area contributed by atoms with Crippen LogP contribution >= 0.6 is 15.9 Å². The van der Waals surface area contributed by atoms with E-state index in [1.165, 1.54) is 5.56 Å². The smallest absolute Gasteiger partial charge is 0.143 e. The van der Waals surface area contributed by atoms with Crippen LogP contribution in [-0.2, 0) is 7.05 Å². The summed E-state index contributed by atoms with van der Waals surface area (Å²) in [6.07, 6.45) is 1.91. The summed E-state index contributed by atoms with van der Waals surface area (Å²) in [5.41, 5.74) is 8.84. The minimum atomic E-state index is 0.752. The van der Waals surface area contributed by atoms with Crippen molar-refractivity contribution in [2.45, 2.75) is 6.92 Å². The second-order valence-corrected chi connectivity index (χ2v) is 4.40. The number of benzene rings is 1. The number of nitrogens with two attached hydrogens (primary N) is 1. The van der Waals surface area contributed by atoms with Gasteiger partial charge in [0.2, 0.25) is 0 Å². The van der Waals surface area contributed by atoms with Gasteiger partial charge in [-0.2, -0.15) is 0 Å². The molecule has 0 saturated carbocycles. The van der Waals surface area contributed by atoms with E-state index in [0.717, 1.165) is 21.7 Å². The van der Waals surface area contributed by atoms with Gasteiger partial charge in [0, 0.05) is 24.5 Å². The Bertz CT molecular complexity index is 503. The maximum absolute atomic E-state index is 5.93. The zero-order valence-corrected chi connectivity index (χ0v) is 10.2. The Morgan fingerprint density at radius 1 is 1.40 bits per heavy atom. The molecular weight excluding hydrogens is 254 g/mol. The number of aromatic nitrogens is 2. The molecule has 2 rings (SSSR count). The van der Waals surface area contributed by atoms with Crippen LogP contribution in [0.3, 0.4) is 0 Å². The molecule has 2 aromatic rings. The molecule has 0 saturated heterocycles. The van der Waals surface area contributed by atoms with Crippen molar-refractivity contribution < 1.29 is 0 Å². The van der Waals surface area contributed by atoms with E-state index < -0.39 is 0 Å². The van der Waals surface area contributed by atoms with Crippen LogP contribution in [0.15, 0.2) is 29.0 Å². The lowest BCUT2D eigenvalue weighted by Crippen LogP contribution is -1.96. The Balaban J connectivity index is 2.62. The predicted molar refractivity (Wildman–Crippen MR) is 65.5 cm³/mol. The summed E-state index contributed by atoms with van der Waals surface area (Å²) in [6.45, 7) is 2.04. The van der Waals surface area contributed by atoms with Gasteiger partial charge in [-0.05, 0) is 35.0 Å². The fourth-order valence-electron chi connectivity index (χ4n) is 1.54. The highest BCUT2D eigenvalue weighted by Gasteiger charge is 2.09. The van der Waals surface area contributed by atoms with Gasteiger partial charge in [0.1, 0.15) is 10.4 Å². The fraction of sp³-hybridized carbons (Fsp3) is 0.182. The molecule has 0 aliphatic carbocycles. The summed E-state index contributed by atoms with van der Waals surface area (Å²) in [7, 11) is 1.95. The zero-order valence-electron chi connectivity index (χ0n) is 8.66. The number of nitrogen functional groups attached to an aromatic ring is 1. The number of halogens is 1. The molecule has 3 nitrogen and oxygen atoms in total. The number of aryl methyl sites for hydroxylation is 2. The molecule has 1 aromatic carbocycles. The standard InChI is InChI=1S/C11H12BrN3/c1-7-3-4-9(13)8(5-7)11-14-10(12)6-15(11)2/h3-6H,13H2,1-2H3. The lowest BCUT2D eigenvalue weighted by molar-refractivity contribution is 0.924. The number of imidazole rings is 1. The molecule has 1 heterocycles. The molecular formula is C11H12BrN3. The molecule has 0 fully saturated rings. The van der Waals surface area contributed by atoms with Crippen molar-refractivity contribution in [1.29, 1.82) is 0 Å². The van der Waals surface area contributed by atoms with Crippen molar-refractivity contribution in [2.75, 3.05) is 5.73 Å². The molecule has 0 aliphatic rings. The van der Waals surface area contributed by atoms with E-state index in [2.05, 4.69) is 20.9 Å². The summed E-state index contributed by atoms with van der Waals surface area (Å²) < 4.78 is 2.77. The lowest BCUT2D eigenvalue weighted by atomic mass is 10.1. The van der Waals surface area contributed by atoms with Gasteiger partial charge in [0.25, 0.3) is 0 Å². The minimum Gasteiger partial charge on any atom is -0.398 e. The van der Waals surface area contributed by atoms with Gasteiger partial charge in [-0.1, -0.05) is 11.6 Å². The summed E-state index contributed by atoms with van der Waals surface area (Å²) >= 11 is 3.35. The third kappa shape index (κ3) is 1.90. The normalized spacial score (nSPS) is 10.6. The first kappa shape index (κ1) is 10.2. The Labute approximate surface area is 97.1 Å². The molecule has 0 atom stereocenters. The van der Waals surface area contributed by atoms with Gasteiger partial charge in [-0.15, -0.1) is 0 Å². The van der Waals surface area contributed by atoms with Gasteiger partial charge in [-0.3, -0.25) is 0 Å². The van der Waals surface area contributed by atoms with Crippen LogP contribution in [0.25, 0.3) is 11.4 Å². The average molecular weight is 266 g/mol. The summed E-state index contributed by atoms with van der Waals surface area (Å²) in [5.74, 6) is 0.878. The van der Waals surface area contributed by atoms with Crippen molar-refractivity contribution in [2.24, 2.45) is 7.05 Å². The zero-order chi connectivity index (χ0) is 11.0. The van der Waals surface area contributed by atoms with Crippen molar-refractivity contribution in [3.05, 3.63) is 34.6 Å². The maximum atomic E-state index is 5.93. The van der Waals surface area contributed by atoms with Gasteiger partial charge in [0.05, 0.1) is 0 Å². The van der Waals surface area contributed by atoms with Crippen LogP contribution in [0, 0.1) is 6.92 Å². The Hall–Kier alpha value is -1.29. The molecule has 0 bridgehead atoms. The molecule has 0 radical (unpaired) electrons. The van der Waals surface area contributed by atoms with Crippen LogP contribution in [0.1, 0.15) is 5.56 Å². The lowest BCUT2D eigenvalue weighted by Gasteiger charge is -2.06. The number of hydrogen-bond acceptors (Lipinski definition) is 2. The quantitative estimate of drug-likeness (QED) is 0.806. The highest BCUT2D eigenvalue weighted by molar-refractivity contribution is 9.10. The third-order valence-corrected chi connectivity index (χ3v) is 2.68. The fourth-order valence-corrected chi connectivity index (χ4v) is 2.02. The minimum absolute atomic E-state index is 0.752. The molecule has 2 N–H and O–H groups in total. The Morgan fingerprint density at radius 2 is 2.13 bits per heavy atom. The van der Waals surface area contributed by atoms with Crippen LogP contribution in [0.2, 0.25) is 0 Å². The number of hydrogen-bond donors (Lipinski definition) is 1. The molecule has 78 valence electrons. The second kappa shape index (κ2) is 3.70. The second-order valence-electron chi connectivity index (χ2n) is 3.59. The number of anilines is 1. The van der Waals surface area contributed by atoms with E-state index in [9.17, 15) is 0 Å². The Kier molecular flexibility index (Phi) is 2.52. The van der Waals surface area contributed by atoms with Crippen LogP contribution < -0.4 is 5.73 Å². The van der Waals surface area contributed by atoms with Gasteiger partial charge in [0.15, 0.2) is 0 Å². The maximum Gasteiger partial charge on any atom is 0.143 e. The predicted octanol–water partition coefficient (Wildman–Crippen LogP) is 2.74. The first-order valence-corrected chi connectivity index (χ1v) is 5.42. The average Bonchev–Trinajstić information content (AvgIpc) is 2.50. The van der Waals surface area contributed by atoms with Crippen LogP contribution in [0.5, 0.6) is 0 Å². The van der Waals surface area contributed by atoms with Crippen LogP contribution in [-0.4, -0.2) is 9.55 Å². The van der Waals surface area contributed by atoms with Gasteiger partial charge < -0.3 is 10.3 Å². The van der Waals surface area contributed by atoms with Crippen molar-refractivity contribution in [1.82, 2.24) is 9.55 Å². The molecule has 4 heteroatoms. The van der Waals surface area contributed by atoms with Crippen molar-refractivity contribution in [3.8, 4) is 11.4 Å². The SMILES string of the molecule is Cc1ccc(N)c(-c2nc(Br)cn2C)c1. The van der Waals surface area contributed by atoms with Crippen molar-refractivity contribution in [3.63, 3.8) is 0 Å². The van der Waals surface area contributed by atoms with Gasteiger partial charge in [-0.25, -0.2) is 4.98 Å². The summed E-state index contributed by atoms with van der Waals surface area (Å²) in [5, 5.41) is 0. The summed E-state index contributed by atoms with van der Waals surface area (Å²) in [4.78, 5) is 4.38. The van der Waals surface area contributed by atoms with Crippen molar-refractivity contribution >= 4 is 21.6 Å². The molecule has 15 heavy (non-hydrogen) atoms. The largest absolute Gasteiger partial charge is 0.398 e. The topological polar surface area (TPSA) is 43.8 Å². The van der Waals surface area contributed by atoms with E-state index in [1.807, 2.05) is 42.9 Å². The van der Waals surface area contributed by atoms with E-state index in [-0.39, 0.29) is 0 Å². The number of rotatable bonds is 1. The van der Waals surface area contributed by atoms with Gasteiger partial charge >= 0.3 is 0 Å². The van der Waals surface area contributed by atoms with E-state index >= 15 is 0 Å².